The summed E-state index contributed by atoms with van der Waals surface area (Å²) in [7, 11) is 1.77. The Hall–Kier alpha value is -0.0800. The average molecular weight is 328 g/mol. The van der Waals surface area contributed by atoms with Crippen LogP contribution < -0.4 is 0 Å². The quantitative estimate of drug-likeness (QED) is 0.260. The summed E-state index contributed by atoms with van der Waals surface area (Å²) in [6, 6.07) is 0. The van der Waals surface area contributed by atoms with Crippen molar-refractivity contribution in [3.05, 3.63) is 6.92 Å². The fourth-order valence-corrected chi connectivity index (χ4v) is 3.14. The normalized spacial score (nSPS) is 14.1. The third-order valence-corrected chi connectivity index (χ3v) is 4.69. The van der Waals surface area contributed by atoms with E-state index in [1.54, 1.807) is 7.11 Å². The molecule has 0 rings (SSSR count). The van der Waals surface area contributed by atoms with Gasteiger partial charge < -0.3 is 9.47 Å². The molecule has 2 heteroatoms. The molecule has 0 saturated heterocycles. The molecule has 0 aliphatic rings. The van der Waals surface area contributed by atoms with Crippen LogP contribution in [0.3, 0.4) is 0 Å². The largest absolute Gasteiger partial charge is 0.379 e. The summed E-state index contributed by atoms with van der Waals surface area (Å²) in [4.78, 5) is 0. The van der Waals surface area contributed by atoms with Crippen LogP contribution in [0.25, 0.3) is 0 Å². The van der Waals surface area contributed by atoms with Crippen molar-refractivity contribution in [1.82, 2.24) is 0 Å². The van der Waals surface area contributed by atoms with Gasteiger partial charge in [0.15, 0.2) is 0 Å². The lowest BCUT2D eigenvalue weighted by Gasteiger charge is -2.22. The van der Waals surface area contributed by atoms with Crippen molar-refractivity contribution in [1.29, 1.82) is 0 Å². The smallest absolute Gasteiger partial charge is 0.0837 e. The van der Waals surface area contributed by atoms with Crippen molar-refractivity contribution in [2.75, 3.05) is 13.7 Å². The van der Waals surface area contributed by atoms with Gasteiger partial charge in [0.05, 0.1) is 12.2 Å². The van der Waals surface area contributed by atoms with Crippen molar-refractivity contribution >= 4 is 0 Å². The second-order valence-corrected chi connectivity index (χ2v) is 6.80. The van der Waals surface area contributed by atoms with Crippen LogP contribution in [0.1, 0.15) is 104 Å². The molecule has 0 fully saturated rings. The standard InChI is InChI=1S/C21H43O2/c1-5-7-8-9-10-11-12-13-14-15-16-17-18-19-21(22-4)20(3)23-6-2/h20-21H,3,5-19H2,1-2,4H3. The van der Waals surface area contributed by atoms with Gasteiger partial charge in [0.1, 0.15) is 0 Å². The van der Waals surface area contributed by atoms with Crippen LogP contribution in [0, 0.1) is 6.92 Å². The van der Waals surface area contributed by atoms with E-state index >= 15 is 0 Å². The van der Waals surface area contributed by atoms with Gasteiger partial charge in [-0.25, -0.2) is 0 Å². The van der Waals surface area contributed by atoms with Crippen LogP contribution in [0.5, 0.6) is 0 Å². The van der Waals surface area contributed by atoms with Crippen LogP contribution in [0.4, 0.5) is 0 Å². The lowest BCUT2D eigenvalue weighted by molar-refractivity contribution is -0.0341. The highest BCUT2D eigenvalue weighted by Crippen LogP contribution is 2.15. The molecule has 2 unspecified atom stereocenters. The third-order valence-electron chi connectivity index (χ3n) is 4.69. The molecule has 2 atom stereocenters. The fourth-order valence-electron chi connectivity index (χ4n) is 3.14. The highest BCUT2D eigenvalue weighted by atomic mass is 16.5. The van der Waals surface area contributed by atoms with E-state index in [0.29, 0.717) is 6.61 Å². The molecule has 1 radical (unpaired) electrons. The molecule has 0 aromatic carbocycles. The molecule has 0 amide bonds. The Morgan fingerprint density at radius 3 is 1.52 bits per heavy atom. The number of unbranched alkanes of at least 4 members (excludes halogenated alkanes) is 12. The second-order valence-electron chi connectivity index (χ2n) is 6.80. The Bertz CT molecular complexity index is 218. The summed E-state index contributed by atoms with van der Waals surface area (Å²) in [6.07, 6.45) is 19.4. The molecular formula is C21H43O2. The number of ether oxygens (including phenoxy) is 2. The molecule has 0 aromatic heterocycles. The lowest BCUT2D eigenvalue weighted by atomic mass is 10.0. The summed E-state index contributed by atoms with van der Waals surface area (Å²) >= 11 is 0. The molecule has 0 aliphatic carbocycles. The number of hydrogen-bond donors (Lipinski definition) is 0. The highest BCUT2D eigenvalue weighted by Gasteiger charge is 2.16. The van der Waals surface area contributed by atoms with Gasteiger partial charge in [-0.05, 0) is 20.3 Å². The maximum absolute atomic E-state index is 5.52. The summed E-state index contributed by atoms with van der Waals surface area (Å²) in [5.41, 5.74) is 0. The summed E-state index contributed by atoms with van der Waals surface area (Å²) < 4.78 is 11.0. The molecule has 2 nitrogen and oxygen atoms in total. The van der Waals surface area contributed by atoms with E-state index in [1.807, 2.05) is 6.92 Å². The van der Waals surface area contributed by atoms with Crippen molar-refractivity contribution in [2.24, 2.45) is 0 Å². The molecular weight excluding hydrogens is 284 g/mol. The van der Waals surface area contributed by atoms with E-state index in [4.69, 9.17) is 9.47 Å². The van der Waals surface area contributed by atoms with Gasteiger partial charge in [-0.3, -0.25) is 0 Å². The van der Waals surface area contributed by atoms with Gasteiger partial charge in [-0.15, -0.1) is 0 Å². The molecule has 0 spiro atoms. The van der Waals surface area contributed by atoms with Crippen molar-refractivity contribution in [2.45, 2.75) is 116 Å². The Balaban J connectivity index is 3.26. The third kappa shape index (κ3) is 15.2. The molecule has 0 aliphatic heterocycles. The van der Waals surface area contributed by atoms with Crippen LogP contribution in [0.2, 0.25) is 0 Å². The minimum absolute atomic E-state index is 0.0256. The van der Waals surface area contributed by atoms with E-state index in [-0.39, 0.29) is 12.2 Å². The fraction of sp³-hybridized carbons (Fsp3) is 0.952. The van der Waals surface area contributed by atoms with Crippen molar-refractivity contribution < 1.29 is 9.47 Å². The monoisotopic (exact) mass is 327 g/mol. The molecule has 0 aromatic rings. The average Bonchev–Trinajstić information content (AvgIpc) is 2.55. The molecule has 0 N–H and O–H groups in total. The lowest BCUT2D eigenvalue weighted by Crippen LogP contribution is -2.28. The van der Waals surface area contributed by atoms with Crippen LogP contribution in [-0.4, -0.2) is 25.9 Å². The minimum Gasteiger partial charge on any atom is -0.379 e. The summed E-state index contributed by atoms with van der Waals surface area (Å²) in [5.74, 6) is 0. The van der Waals surface area contributed by atoms with Gasteiger partial charge in [0.2, 0.25) is 0 Å². The SMILES string of the molecule is [CH2]C(OCC)C(CCCCCCCCCCCCCCC)OC. The molecule has 0 saturated carbocycles. The van der Waals surface area contributed by atoms with Gasteiger partial charge >= 0.3 is 0 Å². The van der Waals surface area contributed by atoms with Crippen LogP contribution in [-0.2, 0) is 9.47 Å². The molecule has 0 heterocycles. The first-order valence-corrected chi connectivity index (χ1v) is 10.2. The van der Waals surface area contributed by atoms with E-state index in [2.05, 4.69) is 13.8 Å². The Kier molecular flexibility index (Phi) is 18.2. The number of hydrogen-bond acceptors (Lipinski definition) is 2. The Morgan fingerprint density at radius 1 is 0.696 bits per heavy atom. The summed E-state index contributed by atoms with van der Waals surface area (Å²) in [5, 5.41) is 0. The minimum atomic E-state index is -0.0256. The predicted molar refractivity (Wildman–Crippen MR) is 102 cm³/mol. The van der Waals surface area contributed by atoms with Gasteiger partial charge in [0, 0.05) is 13.7 Å². The zero-order valence-electron chi connectivity index (χ0n) is 16.3. The van der Waals surface area contributed by atoms with E-state index in [9.17, 15) is 0 Å². The number of methoxy groups -OCH3 is 1. The van der Waals surface area contributed by atoms with Crippen LogP contribution in [0.15, 0.2) is 0 Å². The van der Waals surface area contributed by atoms with E-state index < -0.39 is 0 Å². The van der Waals surface area contributed by atoms with Crippen molar-refractivity contribution in [3.8, 4) is 0 Å². The molecule has 0 bridgehead atoms. The Labute approximate surface area is 146 Å². The number of rotatable bonds is 18. The predicted octanol–water partition coefficient (Wildman–Crippen LogP) is 6.72. The topological polar surface area (TPSA) is 18.5 Å². The van der Waals surface area contributed by atoms with Gasteiger partial charge in [-0.1, -0.05) is 90.4 Å². The first-order chi connectivity index (χ1) is 11.3. The van der Waals surface area contributed by atoms with E-state index in [0.717, 1.165) is 6.42 Å². The first kappa shape index (κ1) is 22.9. The second kappa shape index (κ2) is 18.3. The maximum Gasteiger partial charge on any atom is 0.0837 e. The van der Waals surface area contributed by atoms with Crippen LogP contribution >= 0.6 is 0 Å². The highest BCUT2D eigenvalue weighted by molar-refractivity contribution is 4.72. The molecule has 139 valence electrons. The van der Waals surface area contributed by atoms with E-state index in [1.165, 1.54) is 83.5 Å². The first-order valence-electron chi connectivity index (χ1n) is 10.2. The maximum atomic E-state index is 5.52. The Morgan fingerprint density at radius 2 is 1.13 bits per heavy atom. The summed E-state index contributed by atoms with van der Waals surface area (Å²) in [6.45, 7) is 9.04. The zero-order chi connectivity index (χ0) is 17.2. The molecule has 23 heavy (non-hydrogen) atoms. The van der Waals surface area contributed by atoms with Gasteiger partial charge in [-0.2, -0.15) is 0 Å². The van der Waals surface area contributed by atoms with Gasteiger partial charge in [0.25, 0.3) is 0 Å². The zero-order valence-corrected chi connectivity index (χ0v) is 16.3. The van der Waals surface area contributed by atoms with Crippen molar-refractivity contribution in [3.63, 3.8) is 0 Å².